The lowest BCUT2D eigenvalue weighted by Gasteiger charge is -1.97. The largest absolute Gasteiger partial charge is 0.478 e. The molecule has 1 N–H and O–H groups in total. The van der Waals surface area contributed by atoms with Crippen LogP contribution in [0.5, 0.6) is 0 Å². The Hall–Kier alpha value is -1.98. The number of hydrogen-bond donors (Lipinski definition) is 1. The van der Waals surface area contributed by atoms with E-state index >= 15 is 0 Å². The highest BCUT2D eigenvalue weighted by Gasteiger charge is 2.04. The first-order valence-electron chi connectivity index (χ1n) is 6.62. The number of nitrogens with zero attached hydrogens (tertiary/aromatic N) is 2. The van der Waals surface area contributed by atoms with Crippen LogP contribution in [0, 0.1) is 0 Å². The number of esters is 1. The monoisotopic (exact) mass is 458 g/mol. The number of carboxylic acid groups (broad SMARTS) is 1. The lowest BCUT2D eigenvalue weighted by molar-refractivity contribution is 0.0573. The second kappa shape index (κ2) is 14.1. The number of carbonyl (C=O) groups is 2. The zero-order chi connectivity index (χ0) is 20.7. The second-order valence-electron chi connectivity index (χ2n) is 3.95. The molecular formula is C14H13Cl3N2O7S. The Bertz CT molecular complexity index is 793. The van der Waals surface area contributed by atoms with Crippen LogP contribution >= 0.6 is 33.9 Å². The van der Waals surface area contributed by atoms with E-state index in [-0.39, 0.29) is 11.6 Å². The molecule has 27 heavy (non-hydrogen) atoms. The minimum Gasteiger partial charge on any atom is -0.478 e. The zero-order valence-corrected chi connectivity index (χ0v) is 16.5. The molecule has 0 bridgehead atoms. The Labute approximate surface area is 169 Å². The number of alkyl halides is 2. The van der Waals surface area contributed by atoms with Crippen molar-refractivity contribution in [3.63, 3.8) is 0 Å². The smallest absolute Gasteiger partial charge is 0.356 e. The molecule has 13 heteroatoms. The van der Waals surface area contributed by atoms with Crippen LogP contribution in [0.3, 0.4) is 0 Å². The molecule has 0 spiro atoms. The summed E-state index contributed by atoms with van der Waals surface area (Å²) in [6, 6.07) is 5.78. The van der Waals surface area contributed by atoms with Crippen LogP contribution in [-0.2, 0) is 18.3 Å². The van der Waals surface area contributed by atoms with Crippen molar-refractivity contribution in [3.8, 4) is 0 Å². The number of carboxylic acids is 1. The summed E-state index contributed by atoms with van der Waals surface area (Å²) in [6.45, 7) is 0. The summed E-state index contributed by atoms with van der Waals surface area (Å²) in [5.41, 5.74) is 0.630. The predicted molar refractivity (Wildman–Crippen MR) is 98.1 cm³/mol. The molecule has 0 amide bonds. The van der Waals surface area contributed by atoms with Crippen LogP contribution in [0.25, 0.3) is 0 Å². The number of halogens is 3. The number of pyridine rings is 2. The molecule has 0 aliphatic carbocycles. The van der Waals surface area contributed by atoms with Gasteiger partial charge >= 0.3 is 21.3 Å². The van der Waals surface area contributed by atoms with Gasteiger partial charge in [-0.25, -0.2) is 13.8 Å². The Kier molecular flexibility index (Phi) is 13.1. The average Bonchev–Trinajstić information content (AvgIpc) is 2.63. The van der Waals surface area contributed by atoms with Crippen molar-refractivity contribution in [2.45, 2.75) is 0 Å². The molecule has 0 saturated heterocycles. The van der Waals surface area contributed by atoms with Gasteiger partial charge in [-0.05, 0) is 24.3 Å². The summed E-state index contributed by atoms with van der Waals surface area (Å²) in [5.74, 6) is -1.39. The van der Waals surface area contributed by atoms with Gasteiger partial charge in [0.15, 0.2) is 6.07 Å². The van der Waals surface area contributed by atoms with Gasteiger partial charge in [0.1, 0.15) is 6.07 Å². The van der Waals surface area contributed by atoms with E-state index < -0.39 is 27.3 Å². The van der Waals surface area contributed by atoms with Gasteiger partial charge in [-0.2, -0.15) is 8.42 Å². The topological polar surface area (TPSA) is 133 Å². The average molecular weight is 460 g/mol. The molecule has 0 aliphatic heterocycles. The molecule has 0 saturated carbocycles. The van der Waals surface area contributed by atoms with E-state index in [9.17, 15) is 18.0 Å². The summed E-state index contributed by atoms with van der Waals surface area (Å²) in [6.07, 6.45) is 5.85. The van der Waals surface area contributed by atoms with Gasteiger partial charge in [-0.1, -0.05) is 23.2 Å². The number of rotatable bonds is 5. The van der Waals surface area contributed by atoms with Gasteiger partial charge in [0.2, 0.25) is 0 Å². The van der Waals surface area contributed by atoms with Crippen molar-refractivity contribution >= 4 is 55.2 Å². The van der Waals surface area contributed by atoms with Crippen molar-refractivity contribution in [3.05, 3.63) is 60.2 Å². The highest BCUT2D eigenvalue weighted by molar-refractivity contribution is 8.10. The summed E-state index contributed by atoms with van der Waals surface area (Å²) >= 11 is 9.98. The van der Waals surface area contributed by atoms with Gasteiger partial charge in [0.05, 0.1) is 11.1 Å². The maximum atomic E-state index is 10.9. The molecule has 2 rings (SSSR count). The van der Waals surface area contributed by atoms with Gasteiger partial charge < -0.3 is 9.84 Å². The van der Waals surface area contributed by atoms with E-state index in [4.69, 9.17) is 28.3 Å². The van der Waals surface area contributed by atoms with Crippen LogP contribution in [0.2, 0.25) is 0 Å². The number of ether oxygens (including phenoxy) is 1. The molecule has 2 aromatic heterocycles. The molecule has 0 aliphatic rings. The normalized spacial score (nSPS) is 9.74. The van der Waals surface area contributed by atoms with Gasteiger partial charge in [0.25, 0.3) is 0 Å². The Morgan fingerprint density at radius 2 is 1.52 bits per heavy atom. The van der Waals surface area contributed by atoms with Crippen molar-refractivity contribution in [1.82, 2.24) is 9.97 Å². The number of aromatic nitrogens is 2. The summed E-state index contributed by atoms with van der Waals surface area (Å²) in [4.78, 5) is 28.4. The van der Waals surface area contributed by atoms with E-state index in [0.29, 0.717) is 5.56 Å². The fourth-order valence-corrected chi connectivity index (χ4v) is 1.99. The maximum Gasteiger partial charge on any atom is 0.356 e. The third-order valence-electron chi connectivity index (χ3n) is 2.18. The lowest BCUT2D eigenvalue weighted by atomic mass is 10.3. The first-order chi connectivity index (χ1) is 12.7. The quantitative estimate of drug-likeness (QED) is 0.407. The predicted octanol–water partition coefficient (Wildman–Crippen LogP) is 2.90. The van der Waals surface area contributed by atoms with Crippen LogP contribution in [0.4, 0.5) is 0 Å². The molecule has 0 aromatic carbocycles. The van der Waals surface area contributed by atoms with E-state index in [2.05, 4.69) is 29.6 Å². The van der Waals surface area contributed by atoms with Gasteiger partial charge in [-0.3, -0.25) is 9.97 Å². The van der Waals surface area contributed by atoms with E-state index in [1.54, 1.807) is 24.4 Å². The van der Waals surface area contributed by atoms with Crippen LogP contribution in [0.1, 0.15) is 20.7 Å². The minimum atomic E-state index is -3.83. The first kappa shape index (κ1) is 25.0. The second-order valence-corrected chi connectivity index (χ2v) is 6.54. The summed E-state index contributed by atoms with van der Waals surface area (Å²) in [5, 5.41) is 8.34. The van der Waals surface area contributed by atoms with Crippen molar-refractivity contribution in [1.29, 1.82) is 0 Å². The molecule has 2 heterocycles. The highest BCUT2D eigenvalue weighted by atomic mass is 35.7. The first-order valence-corrected chi connectivity index (χ1v) is 9.93. The molecule has 148 valence electrons. The third kappa shape index (κ3) is 13.8. The van der Waals surface area contributed by atoms with Crippen LogP contribution in [0.15, 0.2) is 49.1 Å². The fraction of sp³-hybridized carbons (Fsp3) is 0.143. The van der Waals surface area contributed by atoms with E-state index in [0.717, 1.165) is 0 Å². The molecule has 0 fully saturated rings. The Morgan fingerprint density at radius 3 is 1.78 bits per heavy atom. The standard InChI is InChI=1S/C7H6ClNO2.C6H5NO2.CH2Cl2O3S/c8-5-11-7(10)6-2-1-3-9-4-6;8-6(9)5-2-1-3-7-4-5;2-1-6-7(3,4)5/h1-4H,5H2;1-4H,(H,8,9);1H2. The molecule has 9 nitrogen and oxygen atoms in total. The van der Waals surface area contributed by atoms with E-state index in [1.165, 1.54) is 24.7 Å². The third-order valence-corrected chi connectivity index (χ3v) is 3.19. The minimum absolute atomic E-state index is 0.131. The van der Waals surface area contributed by atoms with Crippen LogP contribution in [-0.4, -0.2) is 47.6 Å². The highest BCUT2D eigenvalue weighted by Crippen LogP contribution is 1.99. The van der Waals surface area contributed by atoms with Crippen molar-refractivity contribution < 1.29 is 32.0 Å². The Balaban J connectivity index is 0.000000387. The summed E-state index contributed by atoms with van der Waals surface area (Å²) in [7, 11) is 0.665. The Morgan fingerprint density at radius 1 is 1.00 bits per heavy atom. The van der Waals surface area contributed by atoms with Gasteiger partial charge in [-0.15, -0.1) is 0 Å². The zero-order valence-electron chi connectivity index (χ0n) is 13.4. The van der Waals surface area contributed by atoms with Crippen molar-refractivity contribution in [2.75, 3.05) is 12.1 Å². The number of aromatic carboxylic acids is 1. The van der Waals surface area contributed by atoms with Crippen molar-refractivity contribution in [2.24, 2.45) is 0 Å². The van der Waals surface area contributed by atoms with Crippen LogP contribution < -0.4 is 0 Å². The molecular weight excluding hydrogens is 447 g/mol. The maximum absolute atomic E-state index is 10.9. The molecule has 0 unspecified atom stereocenters. The fourth-order valence-electron chi connectivity index (χ4n) is 1.16. The molecule has 2 aromatic rings. The SMILES string of the molecule is O=C(O)c1cccnc1.O=C(OCCl)c1cccnc1.O=S(=O)(Cl)OCCl. The van der Waals surface area contributed by atoms with Gasteiger partial charge in [0, 0.05) is 35.5 Å². The number of hydrogen-bond acceptors (Lipinski definition) is 8. The summed E-state index contributed by atoms with van der Waals surface area (Å²) < 4.78 is 27.6. The lowest BCUT2D eigenvalue weighted by Crippen LogP contribution is -2.03. The number of carbonyl (C=O) groups excluding carboxylic acids is 1. The molecule has 0 radical (unpaired) electrons. The van der Waals surface area contributed by atoms with E-state index in [1.807, 2.05) is 0 Å². The molecule has 0 atom stereocenters.